The molecule has 0 bridgehead atoms. The van der Waals surface area contributed by atoms with Crippen LogP contribution in [0.1, 0.15) is 50.7 Å². The molecule has 1 saturated heterocycles. The third-order valence-corrected chi connectivity index (χ3v) is 6.87. The summed E-state index contributed by atoms with van der Waals surface area (Å²) in [5.74, 6) is -0.944. The number of hydrogen-bond acceptors (Lipinski definition) is 3. The van der Waals surface area contributed by atoms with Crippen LogP contribution in [0.4, 0.5) is 5.69 Å². The van der Waals surface area contributed by atoms with Crippen LogP contribution in [0.15, 0.2) is 79.0 Å². The van der Waals surface area contributed by atoms with Gasteiger partial charge in [-0.15, -0.1) is 0 Å². The molecule has 7 heteroatoms. The monoisotopic (exact) mass is 482 g/mol. The highest BCUT2D eigenvalue weighted by Gasteiger charge is 2.42. The molecule has 35 heavy (non-hydrogen) atoms. The summed E-state index contributed by atoms with van der Waals surface area (Å²) in [6.45, 7) is 6.17. The molecule has 1 aliphatic rings. The summed E-state index contributed by atoms with van der Waals surface area (Å²) >= 11 is 5.85. The Labute approximate surface area is 209 Å². The van der Waals surface area contributed by atoms with Crippen molar-refractivity contribution in [3.8, 4) is 5.69 Å². The molecular weight excluding hydrogens is 456 g/mol. The Kier molecular flexibility index (Phi) is 5.86. The lowest BCUT2D eigenvalue weighted by atomic mass is 9.96. The van der Waals surface area contributed by atoms with Crippen molar-refractivity contribution in [2.24, 2.45) is 0 Å². The number of anilines is 1. The van der Waals surface area contributed by atoms with Crippen molar-refractivity contribution in [3.05, 3.63) is 113 Å². The van der Waals surface area contributed by atoms with Crippen molar-refractivity contribution >= 4 is 29.0 Å². The molecule has 3 heterocycles. The maximum Gasteiger partial charge on any atom is 0.335 e. The molecule has 2 aromatic carbocycles. The number of rotatable bonds is 5. The molecule has 6 nitrogen and oxygen atoms in total. The number of pyridine rings is 1. The minimum atomic E-state index is -0.944. The van der Waals surface area contributed by atoms with Gasteiger partial charge >= 0.3 is 5.97 Å². The fourth-order valence-electron chi connectivity index (χ4n) is 4.92. The summed E-state index contributed by atoms with van der Waals surface area (Å²) in [5, 5.41) is 13.7. The summed E-state index contributed by atoms with van der Waals surface area (Å²) in [6, 6.07) is 23.2. The number of carboxylic acids is 1. The van der Waals surface area contributed by atoms with Gasteiger partial charge in [-0.05, 0) is 87.1 Å². The zero-order chi connectivity index (χ0) is 24.7. The van der Waals surface area contributed by atoms with Crippen LogP contribution in [0.2, 0.25) is 0 Å². The normalized spacial score (nSPS) is 17.5. The minimum Gasteiger partial charge on any atom is -0.478 e. The predicted octanol–water partition coefficient (Wildman–Crippen LogP) is 5.67. The summed E-state index contributed by atoms with van der Waals surface area (Å²) in [4.78, 5) is 18.4. The molecule has 0 saturated carbocycles. The lowest BCUT2D eigenvalue weighted by Gasteiger charge is -2.28. The lowest BCUT2D eigenvalue weighted by molar-refractivity contribution is 0.0697. The first-order valence-electron chi connectivity index (χ1n) is 11.4. The van der Waals surface area contributed by atoms with Gasteiger partial charge in [0.25, 0.3) is 0 Å². The number of carboxylic acid groups (broad SMARTS) is 1. The van der Waals surface area contributed by atoms with Crippen molar-refractivity contribution < 1.29 is 9.90 Å². The Bertz CT molecular complexity index is 1410. The zero-order valence-corrected chi connectivity index (χ0v) is 20.6. The molecule has 2 N–H and O–H groups in total. The third-order valence-electron chi connectivity index (χ3n) is 6.55. The van der Waals surface area contributed by atoms with E-state index >= 15 is 0 Å². The Morgan fingerprint density at radius 3 is 2.43 bits per heavy atom. The van der Waals surface area contributed by atoms with Crippen LogP contribution in [-0.2, 0) is 0 Å². The average molecular weight is 483 g/mol. The van der Waals surface area contributed by atoms with E-state index in [4.69, 9.17) is 12.2 Å². The van der Waals surface area contributed by atoms with Crippen molar-refractivity contribution in [1.29, 1.82) is 0 Å². The zero-order valence-electron chi connectivity index (χ0n) is 19.8. The quantitative estimate of drug-likeness (QED) is 0.357. The van der Waals surface area contributed by atoms with Gasteiger partial charge in [0.05, 0.1) is 23.3 Å². The van der Waals surface area contributed by atoms with E-state index in [-0.39, 0.29) is 17.6 Å². The van der Waals surface area contributed by atoms with Crippen LogP contribution >= 0.6 is 12.2 Å². The third kappa shape index (κ3) is 4.08. The first-order chi connectivity index (χ1) is 16.8. The lowest BCUT2D eigenvalue weighted by Crippen LogP contribution is -2.29. The maximum atomic E-state index is 11.6. The van der Waals surface area contributed by atoms with Crippen LogP contribution in [-0.4, -0.2) is 25.7 Å². The molecular formula is C28H26N4O2S. The smallest absolute Gasteiger partial charge is 0.335 e. The standard InChI is InChI=1S/C28H26N4O2S/c1-17-10-12-21(13-11-17)32-26(25(30-28(32)35)24-9-4-5-14-29-24)23-15-18(2)31(19(23)3)22-8-6-7-20(16-22)27(33)34/h4-16,25-26H,1-3H3,(H,30,35)(H,33,34)/t25-,26-/m1/s1. The second-order valence-corrected chi connectivity index (χ2v) is 9.24. The van der Waals surface area contributed by atoms with Crippen LogP contribution < -0.4 is 10.2 Å². The molecule has 1 aliphatic heterocycles. The van der Waals surface area contributed by atoms with E-state index < -0.39 is 5.97 Å². The van der Waals surface area contributed by atoms with Crippen LogP contribution in [0.3, 0.4) is 0 Å². The number of aromatic carboxylic acids is 1. The Morgan fingerprint density at radius 2 is 1.74 bits per heavy atom. The molecule has 2 aromatic heterocycles. The van der Waals surface area contributed by atoms with E-state index in [1.165, 1.54) is 5.56 Å². The van der Waals surface area contributed by atoms with Crippen molar-refractivity contribution in [1.82, 2.24) is 14.9 Å². The number of benzene rings is 2. The fraction of sp³-hybridized carbons (Fsp3) is 0.179. The SMILES string of the molecule is Cc1ccc(N2C(=S)N[C@H](c3ccccn3)[C@H]2c2cc(C)n(-c3cccc(C(=O)O)c3)c2C)cc1. The molecule has 176 valence electrons. The fourth-order valence-corrected chi connectivity index (χ4v) is 5.26. The highest BCUT2D eigenvalue weighted by molar-refractivity contribution is 7.80. The van der Waals surface area contributed by atoms with E-state index in [9.17, 15) is 9.90 Å². The van der Waals surface area contributed by atoms with Crippen LogP contribution in [0.5, 0.6) is 0 Å². The van der Waals surface area contributed by atoms with E-state index in [1.54, 1.807) is 24.4 Å². The summed E-state index contributed by atoms with van der Waals surface area (Å²) in [7, 11) is 0. The summed E-state index contributed by atoms with van der Waals surface area (Å²) < 4.78 is 2.10. The minimum absolute atomic E-state index is 0.136. The molecule has 0 spiro atoms. The largest absolute Gasteiger partial charge is 0.478 e. The molecule has 0 unspecified atom stereocenters. The van der Waals surface area contributed by atoms with Gasteiger partial charge in [0.15, 0.2) is 5.11 Å². The highest BCUT2D eigenvalue weighted by Crippen LogP contribution is 2.43. The van der Waals surface area contributed by atoms with Gasteiger partial charge in [0, 0.05) is 29.0 Å². The Balaban J connectivity index is 1.67. The van der Waals surface area contributed by atoms with Gasteiger partial charge in [0.2, 0.25) is 0 Å². The summed E-state index contributed by atoms with van der Waals surface area (Å²) in [5.41, 5.74) is 7.32. The predicted molar refractivity (Wildman–Crippen MR) is 141 cm³/mol. The molecule has 1 fully saturated rings. The van der Waals surface area contributed by atoms with Crippen LogP contribution in [0.25, 0.3) is 5.69 Å². The van der Waals surface area contributed by atoms with Crippen LogP contribution in [0, 0.1) is 20.8 Å². The first kappa shape index (κ1) is 22.8. The molecule has 0 radical (unpaired) electrons. The number of nitrogens with one attached hydrogen (secondary N) is 1. The van der Waals surface area contributed by atoms with Gasteiger partial charge in [0.1, 0.15) is 0 Å². The van der Waals surface area contributed by atoms with E-state index in [1.807, 2.05) is 31.2 Å². The van der Waals surface area contributed by atoms with Gasteiger partial charge in [-0.3, -0.25) is 4.98 Å². The van der Waals surface area contributed by atoms with Gasteiger partial charge in [-0.2, -0.15) is 0 Å². The van der Waals surface area contributed by atoms with E-state index in [0.29, 0.717) is 5.11 Å². The molecule has 5 rings (SSSR count). The molecule has 0 amide bonds. The number of carbonyl (C=O) groups is 1. The molecule has 0 aliphatic carbocycles. The Hall–Kier alpha value is -3.97. The van der Waals surface area contributed by atoms with Crippen molar-refractivity contribution in [2.75, 3.05) is 4.90 Å². The maximum absolute atomic E-state index is 11.6. The number of aryl methyl sites for hydroxylation is 2. The van der Waals surface area contributed by atoms with Gasteiger partial charge in [-0.25, -0.2) is 4.79 Å². The van der Waals surface area contributed by atoms with E-state index in [2.05, 4.69) is 63.9 Å². The molecule has 2 atom stereocenters. The van der Waals surface area contributed by atoms with Crippen molar-refractivity contribution in [3.63, 3.8) is 0 Å². The average Bonchev–Trinajstić information content (AvgIpc) is 3.35. The number of thiocarbonyl (C=S) groups is 1. The van der Waals surface area contributed by atoms with Gasteiger partial charge in [-0.1, -0.05) is 29.8 Å². The highest BCUT2D eigenvalue weighted by atomic mass is 32.1. The Morgan fingerprint density at radius 1 is 0.971 bits per heavy atom. The topological polar surface area (TPSA) is 70.4 Å². The second kappa shape index (κ2) is 9.00. The molecule has 4 aromatic rings. The second-order valence-electron chi connectivity index (χ2n) is 8.85. The number of hydrogen-bond donors (Lipinski definition) is 2. The number of nitrogens with zero attached hydrogens (tertiary/aromatic N) is 3. The van der Waals surface area contributed by atoms with Crippen molar-refractivity contribution in [2.45, 2.75) is 32.9 Å². The first-order valence-corrected chi connectivity index (χ1v) is 11.9. The van der Waals surface area contributed by atoms with E-state index in [0.717, 1.165) is 34.0 Å². The van der Waals surface area contributed by atoms with Gasteiger partial charge < -0.3 is 19.9 Å². The summed E-state index contributed by atoms with van der Waals surface area (Å²) in [6.07, 6.45) is 1.80. The number of aromatic nitrogens is 2.